The maximum absolute atomic E-state index is 13.0. The van der Waals surface area contributed by atoms with E-state index in [-0.39, 0.29) is 24.3 Å². The molecule has 0 spiro atoms. The molecule has 1 aliphatic carbocycles. The summed E-state index contributed by atoms with van der Waals surface area (Å²) < 4.78 is 1.83. The average molecular weight is 428 g/mol. The lowest BCUT2D eigenvalue weighted by Crippen LogP contribution is -2.42. The summed E-state index contributed by atoms with van der Waals surface area (Å²) in [6.45, 7) is 4.07. The number of nitrogens with zero attached hydrogens (tertiary/aromatic N) is 3. The lowest BCUT2D eigenvalue weighted by molar-refractivity contribution is -0.121. The van der Waals surface area contributed by atoms with E-state index >= 15 is 0 Å². The Kier molecular flexibility index (Phi) is 5.09. The number of amides is 2. The molecule has 4 aromatic rings. The Morgan fingerprint density at radius 2 is 1.84 bits per heavy atom. The number of hydrazine groups is 1. The molecule has 2 aromatic heterocycles. The first-order valence-corrected chi connectivity index (χ1v) is 10.9. The lowest BCUT2D eigenvalue weighted by atomic mass is 10.0. The van der Waals surface area contributed by atoms with Crippen LogP contribution in [0.3, 0.4) is 0 Å². The first-order chi connectivity index (χ1) is 15.5. The number of hydrogen-bond donors (Lipinski definition) is 2. The van der Waals surface area contributed by atoms with E-state index in [2.05, 4.69) is 16.0 Å². The van der Waals surface area contributed by atoms with Crippen molar-refractivity contribution >= 4 is 33.6 Å². The zero-order chi connectivity index (χ0) is 22.2. The normalized spacial score (nSPS) is 13.6. The van der Waals surface area contributed by atoms with Gasteiger partial charge >= 0.3 is 0 Å². The molecule has 32 heavy (non-hydrogen) atoms. The van der Waals surface area contributed by atoms with Gasteiger partial charge in [-0.25, -0.2) is 9.67 Å². The lowest BCUT2D eigenvalue weighted by Gasteiger charge is -2.12. The van der Waals surface area contributed by atoms with Gasteiger partial charge in [-0.1, -0.05) is 42.5 Å². The van der Waals surface area contributed by atoms with E-state index in [9.17, 15) is 9.59 Å². The third kappa shape index (κ3) is 3.82. The van der Waals surface area contributed by atoms with Crippen LogP contribution in [-0.2, 0) is 11.2 Å². The first kappa shape index (κ1) is 20.2. The number of rotatable bonds is 5. The number of carbonyl (C=O) groups is 2. The van der Waals surface area contributed by atoms with Crippen molar-refractivity contribution in [2.24, 2.45) is 0 Å². The van der Waals surface area contributed by atoms with Crippen LogP contribution in [0, 0.1) is 0 Å². The molecule has 2 amide bonds. The van der Waals surface area contributed by atoms with Gasteiger partial charge in [0.1, 0.15) is 0 Å². The van der Waals surface area contributed by atoms with Gasteiger partial charge in [0, 0.05) is 17.7 Å². The van der Waals surface area contributed by atoms with E-state index in [0.29, 0.717) is 22.5 Å². The predicted molar refractivity (Wildman–Crippen MR) is 123 cm³/mol. The summed E-state index contributed by atoms with van der Waals surface area (Å²) in [4.78, 5) is 30.4. The number of aromatic nitrogens is 3. The minimum atomic E-state index is -0.367. The number of carbonyl (C=O) groups excluding carboxylic acids is 2. The van der Waals surface area contributed by atoms with Crippen LogP contribution in [0.5, 0.6) is 0 Å². The predicted octanol–water partition coefficient (Wildman–Crippen LogP) is 4.05. The molecule has 162 valence electrons. The molecule has 2 N–H and O–H groups in total. The molecule has 7 heteroatoms. The quantitative estimate of drug-likeness (QED) is 0.470. The second kappa shape index (κ2) is 8.07. The minimum absolute atomic E-state index is 0.130. The highest BCUT2D eigenvalue weighted by molar-refractivity contribution is 6.06. The van der Waals surface area contributed by atoms with Crippen LogP contribution in [-0.4, -0.2) is 26.6 Å². The monoisotopic (exact) mass is 427 g/mol. The van der Waals surface area contributed by atoms with Crippen LogP contribution in [0.25, 0.3) is 21.8 Å². The van der Waals surface area contributed by atoms with Crippen molar-refractivity contribution in [3.63, 3.8) is 0 Å². The molecule has 2 heterocycles. The summed E-state index contributed by atoms with van der Waals surface area (Å²) in [5.74, 6) is -0.253. The van der Waals surface area contributed by atoms with E-state index in [1.807, 2.05) is 67.1 Å². The van der Waals surface area contributed by atoms with Gasteiger partial charge in [0.2, 0.25) is 5.91 Å². The van der Waals surface area contributed by atoms with Crippen molar-refractivity contribution in [3.8, 4) is 0 Å². The Morgan fingerprint density at radius 1 is 1.06 bits per heavy atom. The zero-order valence-electron chi connectivity index (χ0n) is 18.1. The standard InChI is InChI=1S/C25H25N5O2/c1-15(2)30-24-21(14-26-30)20(13-22(27-24)17-10-11-17)25(32)29-28-23(31)12-18-8-5-7-16-6-3-4-9-19(16)18/h3-9,13-15,17H,10-12H2,1-2H3,(H,28,31)(H,29,32). The van der Waals surface area contributed by atoms with Crippen molar-refractivity contribution in [3.05, 3.63) is 71.5 Å². The van der Waals surface area contributed by atoms with E-state index in [1.165, 1.54) is 0 Å². The number of nitrogens with one attached hydrogen (secondary N) is 2. The Bertz CT molecular complexity index is 1330. The van der Waals surface area contributed by atoms with Crippen LogP contribution in [0.1, 0.15) is 60.3 Å². The van der Waals surface area contributed by atoms with E-state index in [0.717, 1.165) is 34.9 Å². The maximum atomic E-state index is 13.0. The van der Waals surface area contributed by atoms with Gasteiger partial charge in [0.05, 0.1) is 23.6 Å². The van der Waals surface area contributed by atoms with Gasteiger partial charge in [-0.05, 0) is 49.1 Å². The van der Waals surface area contributed by atoms with Gasteiger partial charge in [0.25, 0.3) is 5.91 Å². The number of benzene rings is 2. The molecule has 1 aliphatic rings. The largest absolute Gasteiger partial charge is 0.273 e. The van der Waals surface area contributed by atoms with E-state index < -0.39 is 0 Å². The third-order valence-corrected chi connectivity index (χ3v) is 5.86. The number of pyridine rings is 1. The smallest absolute Gasteiger partial charge is 0.270 e. The molecule has 0 unspecified atom stereocenters. The van der Waals surface area contributed by atoms with Crippen LogP contribution in [0.4, 0.5) is 0 Å². The topological polar surface area (TPSA) is 88.9 Å². The van der Waals surface area contributed by atoms with Gasteiger partial charge in [0.15, 0.2) is 5.65 Å². The fourth-order valence-corrected chi connectivity index (χ4v) is 4.05. The molecular formula is C25H25N5O2. The second-order valence-electron chi connectivity index (χ2n) is 8.61. The van der Waals surface area contributed by atoms with Crippen molar-refractivity contribution in [2.45, 2.75) is 45.1 Å². The molecule has 0 radical (unpaired) electrons. The maximum Gasteiger partial charge on any atom is 0.270 e. The molecule has 1 saturated carbocycles. The Labute approximate surface area is 185 Å². The highest BCUT2D eigenvalue weighted by atomic mass is 16.2. The highest BCUT2D eigenvalue weighted by Crippen LogP contribution is 2.40. The fraction of sp³-hybridized carbons (Fsp3) is 0.280. The summed E-state index contributed by atoms with van der Waals surface area (Å²) in [6, 6.07) is 15.8. The number of fused-ring (bicyclic) bond motifs is 2. The van der Waals surface area contributed by atoms with E-state index in [1.54, 1.807) is 6.20 Å². The van der Waals surface area contributed by atoms with Crippen molar-refractivity contribution in [1.29, 1.82) is 0 Å². The molecular weight excluding hydrogens is 402 g/mol. The molecule has 2 aromatic carbocycles. The summed E-state index contributed by atoms with van der Waals surface area (Å²) >= 11 is 0. The van der Waals surface area contributed by atoms with Crippen LogP contribution >= 0.6 is 0 Å². The van der Waals surface area contributed by atoms with E-state index in [4.69, 9.17) is 4.98 Å². The van der Waals surface area contributed by atoms with Crippen molar-refractivity contribution in [1.82, 2.24) is 25.6 Å². The van der Waals surface area contributed by atoms with Gasteiger partial charge in [-0.2, -0.15) is 5.10 Å². The molecule has 1 fully saturated rings. The summed E-state index contributed by atoms with van der Waals surface area (Å²) in [6.07, 6.45) is 4.01. The van der Waals surface area contributed by atoms with Gasteiger partial charge in [-0.15, -0.1) is 0 Å². The molecule has 0 aliphatic heterocycles. The summed E-state index contributed by atoms with van der Waals surface area (Å²) in [5, 5.41) is 7.22. The summed E-state index contributed by atoms with van der Waals surface area (Å²) in [7, 11) is 0. The highest BCUT2D eigenvalue weighted by Gasteiger charge is 2.28. The second-order valence-corrected chi connectivity index (χ2v) is 8.61. The Hall–Kier alpha value is -3.74. The summed E-state index contributed by atoms with van der Waals surface area (Å²) in [5.41, 5.74) is 8.16. The molecule has 0 bridgehead atoms. The molecule has 0 atom stereocenters. The zero-order valence-corrected chi connectivity index (χ0v) is 18.1. The van der Waals surface area contributed by atoms with Crippen molar-refractivity contribution in [2.75, 3.05) is 0 Å². The van der Waals surface area contributed by atoms with Crippen LogP contribution in [0.2, 0.25) is 0 Å². The molecule has 0 saturated heterocycles. The van der Waals surface area contributed by atoms with Crippen molar-refractivity contribution < 1.29 is 9.59 Å². The first-order valence-electron chi connectivity index (χ1n) is 10.9. The minimum Gasteiger partial charge on any atom is -0.273 e. The fourth-order valence-electron chi connectivity index (χ4n) is 4.05. The average Bonchev–Trinajstić information content (AvgIpc) is 3.55. The Morgan fingerprint density at radius 3 is 2.62 bits per heavy atom. The van der Waals surface area contributed by atoms with Crippen LogP contribution in [0.15, 0.2) is 54.7 Å². The molecule has 5 rings (SSSR count). The SMILES string of the molecule is CC(C)n1ncc2c(C(=O)NNC(=O)Cc3cccc4ccccc34)cc(C3CC3)nc21. The van der Waals surface area contributed by atoms with Gasteiger partial charge in [-0.3, -0.25) is 20.4 Å². The van der Waals surface area contributed by atoms with Gasteiger partial charge < -0.3 is 0 Å². The number of hydrogen-bond acceptors (Lipinski definition) is 4. The van der Waals surface area contributed by atoms with Crippen LogP contribution < -0.4 is 10.9 Å². The Balaban J connectivity index is 1.35. The molecule has 7 nitrogen and oxygen atoms in total. The third-order valence-electron chi connectivity index (χ3n) is 5.86.